The van der Waals surface area contributed by atoms with E-state index in [4.69, 9.17) is 0 Å². The molecule has 2 N–H and O–H groups in total. The molecule has 1 rings (SSSR count). The van der Waals surface area contributed by atoms with Gasteiger partial charge in [0, 0.05) is 0 Å². The third kappa shape index (κ3) is 3.84. The van der Waals surface area contributed by atoms with Crippen LogP contribution in [0.5, 0.6) is 0 Å². The van der Waals surface area contributed by atoms with Crippen LogP contribution >= 0.6 is 0 Å². The predicted molar refractivity (Wildman–Crippen MR) is 74.3 cm³/mol. The molecule has 18 heavy (non-hydrogen) atoms. The molecule has 7 heteroatoms. The van der Waals surface area contributed by atoms with E-state index in [0.29, 0.717) is 40.8 Å². The number of carbonyl (C=O) groups is 1. The van der Waals surface area contributed by atoms with Gasteiger partial charge in [-0.15, -0.1) is 0 Å². The monoisotopic (exact) mass is 386 g/mol. The Balaban J connectivity index is 3.00. The number of quaternary nitrogens is 1. The summed E-state index contributed by atoms with van der Waals surface area (Å²) >= 11 is 0.622. The van der Waals surface area contributed by atoms with E-state index >= 15 is 0 Å². The summed E-state index contributed by atoms with van der Waals surface area (Å²) in [6, 6.07) is -0.441. The van der Waals surface area contributed by atoms with Crippen LogP contribution in [0.4, 0.5) is 0 Å². The van der Waals surface area contributed by atoms with Crippen molar-refractivity contribution in [1.29, 1.82) is 0 Å². The van der Waals surface area contributed by atoms with E-state index in [1.807, 2.05) is 21.1 Å². The van der Waals surface area contributed by atoms with Gasteiger partial charge < -0.3 is 0 Å². The molecule has 1 aromatic heterocycles. The fraction of sp³-hybridized carbons (Fsp3) is 0.636. The van der Waals surface area contributed by atoms with Crippen LogP contribution in [-0.2, 0) is 11.2 Å². The number of hydrogen-bond acceptors (Lipinski definition) is 2. The van der Waals surface area contributed by atoms with Crippen molar-refractivity contribution in [2.24, 2.45) is 0 Å². The second-order valence-electron chi connectivity index (χ2n) is 4.91. The van der Waals surface area contributed by atoms with Gasteiger partial charge in [0.15, 0.2) is 0 Å². The van der Waals surface area contributed by atoms with Crippen molar-refractivity contribution in [2.45, 2.75) is 24.1 Å². The summed E-state index contributed by atoms with van der Waals surface area (Å²) in [6.45, 7) is 0. The summed E-state index contributed by atoms with van der Waals surface area (Å²) in [5.41, 5.74) is 1.01. The van der Waals surface area contributed by atoms with Crippen LogP contribution in [0.15, 0.2) is 0 Å². The van der Waals surface area contributed by atoms with E-state index in [1.54, 1.807) is 0 Å². The van der Waals surface area contributed by atoms with Crippen molar-refractivity contribution >= 4 is 45.2 Å². The number of rotatable bonds is 6. The number of carboxylic acid groups (broad SMARTS) is 1. The van der Waals surface area contributed by atoms with Crippen molar-refractivity contribution in [2.75, 3.05) is 21.1 Å². The molecule has 102 valence electrons. The van der Waals surface area contributed by atoms with Gasteiger partial charge in [-0.3, -0.25) is 0 Å². The number of aromatic nitrogens is 2. The standard InChI is InChI=1S/C11H19N3O2Se2/c1-14(2,3)8(10(15)16)6-7-9(17-4)13-11(12-7)18-5/h8H,6H2,1-5H3,(H-,12,13,15,16)/p+1/t8-/m0/s1. The van der Waals surface area contributed by atoms with Crippen molar-refractivity contribution in [3.8, 4) is 0 Å². The Bertz CT molecular complexity index is 426. The first-order chi connectivity index (χ1) is 8.29. The van der Waals surface area contributed by atoms with E-state index < -0.39 is 12.0 Å². The Morgan fingerprint density at radius 1 is 1.39 bits per heavy atom. The third-order valence-corrected chi connectivity index (χ3v) is 5.46. The van der Waals surface area contributed by atoms with E-state index in [0.717, 1.165) is 15.0 Å². The molecule has 1 atom stereocenters. The van der Waals surface area contributed by atoms with E-state index in [2.05, 4.69) is 21.6 Å². The van der Waals surface area contributed by atoms with Crippen molar-refractivity contribution < 1.29 is 14.4 Å². The first kappa shape index (κ1) is 15.7. The van der Waals surface area contributed by atoms with Gasteiger partial charge in [-0.05, 0) is 0 Å². The van der Waals surface area contributed by atoms with Crippen LogP contribution in [0.2, 0.25) is 11.6 Å². The quantitative estimate of drug-likeness (QED) is 0.482. The molecule has 0 saturated carbocycles. The van der Waals surface area contributed by atoms with Crippen molar-refractivity contribution in [3.63, 3.8) is 0 Å². The predicted octanol–water partition coefficient (Wildman–Crippen LogP) is -1.13. The van der Waals surface area contributed by atoms with Crippen molar-refractivity contribution in [1.82, 2.24) is 9.97 Å². The van der Waals surface area contributed by atoms with E-state index in [-0.39, 0.29) is 0 Å². The third-order valence-electron chi connectivity index (χ3n) is 2.72. The molecule has 0 aliphatic rings. The average molecular weight is 384 g/mol. The minimum absolute atomic E-state index is 0.295. The van der Waals surface area contributed by atoms with Gasteiger partial charge in [0.1, 0.15) is 0 Å². The Labute approximate surface area is 120 Å². The zero-order valence-corrected chi connectivity index (χ0v) is 14.8. The zero-order chi connectivity index (χ0) is 13.9. The molecule has 0 radical (unpaired) electrons. The van der Waals surface area contributed by atoms with Gasteiger partial charge in [-0.1, -0.05) is 0 Å². The zero-order valence-electron chi connectivity index (χ0n) is 11.4. The second-order valence-corrected chi connectivity index (χ2v) is 8.24. The van der Waals surface area contributed by atoms with Gasteiger partial charge >= 0.3 is 120 Å². The van der Waals surface area contributed by atoms with Gasteiger partial charge in [-0.2, -0.15) is 0 Å². The number of carboxylic acids is 1. The number of aliphatic carboxylic acids is 1. The molecule has 0 aliphatic heterocycles. The molecule has 1 heterocycles. The van der Waals surface area contributed by atoms with Crippen LogP contribution in [0.1, 0.15) is 5.69 Å². The second kappa shape index (κ2) is 6.22. The molecule has 0 amide bonds. The Morgan fingerprint density at radius 2 is 2.00 bits per heavy atom. The molecular weight excluding hydrogens is 364 g/mol. The van der Waals surface area contributed by atoms with E-state index in [1.165, 1.54) is 0 Å². The number of nitrogens with zero attached hydrogens (tertiary/aromatic N) is 2. The number of likely N-dealkylation sites (N-methyl/N-ethyl adjacent to an activating group) is 1. The molecule has 0 aromatic carbocycles. The number of H-pyrrole nitrogens is 1. The van der Waals surface area contributed by atoms with Crippen LogP contribution in [0.3, 0.4) is 0 Å². The summed E-state index contributed by atoms with van der Waals surface area (Å²) in [4.78, 5) is 19.2. The molecule has 1 aromatic rings. The van der Waals surface area contributed by atoms with Gasteiger partial charge in [0.05, 0.1) is 0 Å². The maximum atomic E-state index is 11.4. The minimum atomic E-state index is -0.754. The molecular formula is C11H20N3O2Se2+. The van der Waals surface area contributed by atoms with Crippen LogP contribution in [0, 0.1) is 0 Å². The first-order valence-electron chi connectivity index (χ1n) is 5.50. The summed E-state index contributed by atoms with van der Waals surface area (Å²) in [5, 5.41) is 9.36. The normalized spacial score (nSPS) is 13.6. The average Bonchev–Trinajstić information content (AvgIpc) is 2.66. The van der Waals surface area contributed by atoms with Gasteiger partial charge in [0.2, 0.25) is 0 Å². The van der Waals surface area contributed by atoms with Crippen LogP contribution in [0.25, 0.3) is 0 Å². The van der Waals surface area contributed by atoms with Crippen LogP contribution < -0.4 is 9.32 Å². The van der Waals surface area contributed by atoms with Gasteiger partial charge in [-0.25, -0.2) is 0 Å². The van der Waals surface area contributed by atoms with E-state index in [9.17, 15) is 9.90 Å². The topological polar surface area (TPSA) is 66.0 Å². The maximum absolute atomic E-state index is 11.4. The number of imidazole rings is 1. The fourth-order valence-electron chi connectivity index (χ4n) is 1.66. The summed E-state index contributed by atoms with van der Waals surface area (Å²) < 4.78 is 2.50. The Kier molecular flexibility index (Phi) is 5.44. The number of nitrogens with one attached hydrogen (secondary N) is 1. The SMILES string of the molecule is C[Se]c1nc([Se]C)c(C[C@@H](C(=O)O)[N+](C)(C)C)[nH]1. The van der Waals surface area contributed by atoms with Crippen LogP contribution in [-0.4, -0.2) is 82.6 Å². The summed E-state index contributed by atoms with van der Waals surface area (Å²) in [7, 11) is 5.74. The number of hydrogen-bond donors (Lipinski definition) is 2. The Hall–Kier alpha value is -0.321. The molecule has 0 spiro atoms. The number of aromatic amines is 1. The molecule has 0 saturated heterocycles. The Morgan fingerprint density at radius 3 is 2.39 bits per heavy atom. The molecule has 0 fully saturated rings. The summed E-state index contributed by atoms with van der Waals surface area (Å²) in [6.07, 6.45) is 0.521. The van der Waals surface area contributed by atoms with Gasteiger partial charge in [0.25, 0.3) is 0 Å². The molecule has 0 aliphatic carbocycles. The molecule has 0 bridgehead atoms. The molecule has 5 nitrogen and oxygen atoms in total. The molecule has 0 unspecified atom stereocenters. The van der Waals surface area contributed by atoms with Crippen molar-refractivity contribution in [3.05, 3.63) is 5.69 Å². The fourth-order valence-corrected chi connectivity index (χ4v) is 3.99. The summed E-state index contributed by atoms with van der Waals surface area (Å²) in [5.74, 6) is 3.47. The first-order valence-corrected chi connectivity index (χ1v) is 10.6.